The van der Waals surface area contributed by atoms with Crippen molar-refractivity contribution in [2.75, 3.05) is 4.90 Å². The third-order valence-electron chi connectivity index (χ3n) is 6.05. The molecule has 0 saturated carbocycles. The number of carbonyl (C=O) groups is 2. The van der Waals surface area contributed by atoms with Crippen molar-refractivity contribution in [1.29, 1.82) is 0 Å². The van der Waals surface area contributed by atoms with Crippen LogP contribution < -0.4 is 4.90 Å². The van der Waals surface area contributed by atoms with Gasteiger partial charge in [-0.1, -0.05) is 47.7 Å². The lowest BCUT2D eigenvalue weighted by Gasteiger charge is -2.24. The maximum atomic E-state index is 13.7. The van der Waals surface area contributed by atoms with Crippen LogP contribution in [0.25, 0.3) is 21.2 Å². The number of carbonyl (C=O) groups excluding carboxylic acids is 2. The van der Waals surface area contributed by atoms with Crippen LogP contribution in [0.4, 0.5) is 5.13 Å². The number of amides is 1. The molecule has 6 rings (SSSR count). The SMILES string of the molecule is Cc1ccc2nc(N3C(=O)C(O)=C(C(=O)c4cc5ccccc5o4)C3c3ccc(O)cc3)sc2c1. The lowest BCUT2D eigenvalue weighted by atomic mass is 9.95. The highest BCUT2D eigenvalue weighted by atomic mass is 32.1. The summed E-state index contributed by atoms with van der Waals surface area (Å²) in [5.41, 5.74) is 2.73. The van der Waals surface area contributed by atoms with Gasteiger partial charge in [-0.15, -0.1) is 0 Å². The Morgan fingerprint density at radius 2 is 1.80 bits per heavy atom. The highest BCUT2D eigenvalue weighted by molar-refractivity contribution is 7.22. The number of para-hydroxylation sites is 1. The number of phenolic OH excluding ortho intramolecular Hbond substituents is 1. The molecule has 3 aromatic carbocycles. The van der Waals surface area contributed by atoms with E-state index in [2.05, 4.69) is 4.98 Å². The molecule has 0 aliphatic carbocycles. The number of fused-ring (bicyclic) bond motifs is 2. The number of Topliss-reactive ketones (excluding diaryl/α,β-unsaturated/α-hetero) is 1. The molecule has 7 nitrogen and oxygen atoms in total. The van der Waals surface area contributed by atoms with Gasteiger partial charge in [-0.05, 0) is 54.4 Å². The fraction of sp³-hybridized carbons (Fsp3) is 0.0741. The fourth-order valence-corrected chi connectivity index (χ4v) is 5.45. The number of benzene rings is 3. The normalized spacial score (nSPS) is 16.1. The van der Waals surface area contributed by atoms with Gasteiger partial charge in [0.2, 0.25) is 5.78 Å². The van der Waals surface area contributed by atoms with Gasteiger partial charge >= 0.3 is 0 Å². The van der Waals surface area contributed by atoms with Crippen LogP contribution in [0.2, 0.25) is 0 Å². The van der Waals surface area contributed by atoms with Crippen LogP contribution in [-0.2, 0) is 4.79 Å². The van der Waals surface area contributed by atoms with Crippen LogP contribution in [-0.4, -0.2) is 26.9 Å². The summed E-state index contributed by atoms with van der Waals surface area (Å²) in [5.74, 6) is -1.91. The molecule has 1 unspecified atom stereocenters. The molecule has 2 N–H and O–H groups in total. The molecule has 0 radical (unpaired) electrons. The molecular formula is C27H18N2O5S. The van der Waals surface area contributed by atoms with E-state index in [1.165, 1.54) is 28.4 Å². The molecule has 5 aromatic rings. The largest absolute Gasteiger partial charge is 0.508 e. The molecule has 2 aromatic heterocycles. The van der Waals surface area contributed by atoms with E-state index >= 15 is 0 Å². The van der Waals surface area contributed by atoms with E-state index in [1.54, 1.807) is 30.3 Å². The first-order chi connectivity index (χ1) is 16.9. The third kappa shape index (κ3) is 3.38. The summed E-state index contributed by atoms with van der Waals surface area (Å²) in [6.07, 6.45) is 0. The molecule has 172 valence electrons. The quantitative estimate of drug-likeness (QED) is 0.312. The number of hydrogen-bond acceptors (Lipinski definition) is 7. The van der Waals surface area contributed by atoms with Crippen molar-refractivity contribution in [1.82, 2.24) is 4.98 Å². The van der Waals surface area contributed by atoms with Crippen LogP contribution in [0, 0.1) is 6.92 Å². The van der Waals surface area contributed by atoms with E-state index in [-0.39, 0.29) is 17.1 Å². The Bertz CT molecular complexity index is 1650. The summed E-state index contributed by atoms with van der Waals surface area (Å²) in [4.78, 5) is 33.0. The number of nitrogens with zero attached hydrogens (tertiary/aromatic N) is 2. The number of anilines is 1. The summed E-state index contributed by atoms with van der Waals surface area (Å²) in [7, 11) is 0. The number of aryl methyl sites for hydroxylation is 1. The van der Waals surface area contributed by atoms with Crippen molar-refractivity contribution in [3.05, 3.63) is 101 Å². The average Bonchev–Trinajstić information content (AvgIpc) is 3.53. The van der Waals surface area contributed by atoms with Crippen molar-refractivity contribution in [3.63, 3.8) is 0 Å². The Labute approximate surface area is 203 Å². The van der Waals surface area contributed by atoms with E-state index < -0.39 is 23.5 Å². The van der Waals surface area contributed by atoms with Gasteiger partial charge in [0.05, 0.1) is 21.8 Å². The molecule has 8 heteroatoms. The van der Waals surface area contributed by atoms with Crippen LogP contribution in [0.3, 0.4) is 0 Å². The van der Waals surface area contributed by atoms with E-state index in [0.29, 0.717) is 21.8 Å². The highest BCUT2D eigenvalue weighted by Gasteiger charge is 2.46. The molecule has 0 saturated heterocycles. The number of hydrogen-bond donors (Lipinski definition) is 2. The summed E-state index contributed by atoms with van der Waals surface area (Å²) in [6.45, 7) is 1.97. The second-order valence-electron chi connectivity index (χ2n) is 8.38. The smallest absolute Gasteiger partial charge is 0.296 e. The van der Waals surface area contributed by atoms with Crippen molar-refractivity contribution < 1.29 is 24.2 Å². The predicted molar refractivity (Wildman–Crippen MR) is 133 cm³/mol. The number of aliphatic hydroxyl groups excluding tert-OH is 1. The standard InChI is InChI=1S/C27H18N2O5S/c1-14-6-11-18-21(12-14)35-27(28-18)29-23(15-7-9-17(30)10-8-15)22(25(32)26(29)33)24(31)20-13-16-4-2-3-5-19(16)34-20/h2-13,23,30,32H,1H3. The number of rotatable bonds is 4. The summed E-state index contributed by atoms with van der Waals surface area (Å²) in [5, 5.41) is 21.9. The first-order valence-corrected chi connectivity index (χ1v) is 11.7. The Morgan fingerprint density at radius 1 is 1.03 bits per heavy atom. The number of aliphatic hydroxyl groups is 1. The molecule has 1 atom stereocenters. The summed E-state index contributed by atoms with van der Waals surface area (Å²) in [6, 6.07) is 19.8. The molecule has 0 spiro atoms. The van der Waals surface area contributed by atoms with Gasteiger partial charge in [0.15, 0.2) is 16.7 Å². The van der Waals surface area contributed by atoms with E-state index in [4.69, 9.17) is 4.42 Å². The summed E-state index contributed by atoms with van der Waals surface area (Å²) < 4.78 is 6.64. The number of furan rings is 1. The van der Waals surface area contributed by atoms with E-state index in [0.717, 1.165) is 15.6 Å². The predicted octanol–water partition coefficient (Wildman–Crippen LogP) is 5.84. The molecule has 0 fully saturated rings. The van der Waals surface area contributed by atoms with Crippen molar-refractivity contribution in [3.8, 4) is 5.75 Å². The average molecular weight is 483 g/mol. The molecule has 35 heavy (non-hydrogen) atoms. The second-order valence-corrected chi connectivity index (χ2v) is 9.39. The summed E-state index contributed by atoms with van der Waals surface area (Å²) >= 11 is 1.30. The fourth-order valence-electron chi connectivity index (χ4n) is 4.36. The van der Waals surface area contributed by atoms with Crippen molar-refractivity contribution >= 4 is 49.3 Å². The highest BCUT2D eigenvalue weighted by Crippen LogP contribution is 2.44. The Hall–Kier alpha value is -4.43. The van der Waals surface area contributed by atoms with Gasteiger partial charge in [0.1, 0.15) is 11.3 Å². The maximum Gasteiger partial charge on any atom is 0.296 e. The Morgan fingerprint density at radius 3 is 2.57 bits per heavy atom. The molecule has 3 heterocycles. The van der Waals surface area contributed by atoms with Gasteiger partial charge in [-0.2, -0.15) is 0 Å². The third-order valence-corrected chi connectivity index (χ3v) is 7.07. The molecular weight excluding hydrogens is 464 g/mol. The lowest BCUT2D eigenvalue weighted by molar-refractivity contribution is -0.117. The minimum Gasteiger partial charge on any atom is -0.508 e. The van der Waals surface area contributed by atoms with Gasteiger partial charge in [-0.25, -0.2) is 4.98 Å². The minimum absolute atomic E-state index is 0.0195. The van der Waals surface area contributed by atoms with Crippen LogP contribution >= 0.6 is 11.3 Å². The van der Waals surface area contributed by atoms with Crippen LogP contribution in [0.5, 0.6) is 5.75 Å². The number of phenols is 1. The van der Waals surface area contributed by atoms with E-state index in [9.17, 15) is 19.8 Å². The maximum absolute atomic E-state index is 13.7. The zero-order valence-corrected chi connectivity index (χ0v) is 19.2. The topological polar surface area (TPSA) is 104 Å². The molecule has 1 aliphatic heterocycles. The monoisotopic (exact) mass is 482 g/mol. The van der Waals surface area contributed by atoms with Crippen molar-refractivity contribution in [2.24, 2.45) is 0 Å². The van der Waals surface area contributed by atoms with Gasteiger partial charge in [0.25, 0.3) is 5.91 Å². The molecule has 0 bridgehead atoms. The second kappa shape index (κ2) is 7.82. The minimum atomic E-state index is -0.953. The number of thiazole rings is 1. The lowest BCUT2D eigenvalue weighted by Crippen LogP contribution is -2.30. The Kier molecular flexibility index (Phi) is 4.72. The van der Waals surface area contributed by atoms with Crippen molar-refractivity contribution in [2.45, 2.75) is 13.0 Å². The molecule has 1 aliphatic rings. The zero-order chi connectivity index (χ0) is 24.3. The van der Waals surface area contributed by atoms with Gasteiger partial charge < -0.3 is 14.6 Å². The number of aromatic nitrogens is 1. The first kappa shape index (κ1) is 21.1. The molecule has 1 amide bonds. The number of ketones is 1. The van der Waals surface area contributed by atoms with E-state index in [1.807, 2.05) is 37.3 Å². The van der Waals surface area contributed by atoms with Crippen LogP contribution in [0.15, 0.2) is 88.5 Å². The van der Waals surface area contributed by atoms with Crippen LogP contribution in [0.1, 0.15) is 27.7 Å². The Balaban J connectivity index is 1.51. The zero-order valence-electron chi connectivity index (χ0n) is 18.4. The van der Waals surface area contributed by atoms with Gasteiger partial charge in [-0.3, -0.25) is 14.5 Å². The van der Waals surface area contributed by atoms with Gasteiger partial charge in [0, 0.05) is 5.39 Å². The first-order valence-electron chi connectivity index (χ1n) is 10.9. The number of aromatic hydroxyl groups is 1.